The average molecular weight is 250 g/mol. The number of rotatable bonds is 3. The molecule has 1 aliphatic carbocycles. The van der Waals surface area contributed by atoms with Gasteiger partial charge >= 0.3 is 0 Å². The number of aromatic nitrogens is 2. The first-order valence-electron chi connectivity index (χ1n) is 6.66. The van der Waals surface area contributed by atoms with E-state index < -0.39 is 0 Å². The van der Waals surface area contributed by atoms with Crippen molar-refractivity contribution < 1.29 is 4.79 Å². The Morgan fingerprint density at radius 1 is 1.50 bits per heavy atom. The van der Waals surface area contributed by atoms with Crippen LogP contribution in [0.5, 0.6) is 0 Å². The van der Waals surface area contributed by atoms with Gasteiger partial charge in [-0.05, 0) is 32.6 Å². The zero-order chi connectivity index (χ0) is 13.1. The molecule has 5 nitrogen and oxygen atoms in total. The van der Waals surface area contributed by atoms with Crippen molar-refractivity contribution in [3.63, 3.8) is 0 Å². The maximum atomic E-state index is 12.4. The van der Waals surface area contributed by atoms with Crippen molar-refractivity contribution in [1.29, 1.82) is 0 Å². The predicted molar refractivity (Wildman–Crippen MR) is 70.1 cm³/mol. The maximum absolute atomic E-state index is 12.4. The molecular formula is C13H22N4O. The van der Waals surface area contributed by atoms with E-state index in [-0.39, 0.29) is 5.91 Å². The van der Waals surface area contributed by atoms with Crippen LogP contribution in [-0.2, 0) is 7.05 Å². The van der Waals surface area contributed by atoms with Crippen LogP contribution in [-0.4, -0.2) is 39.0 Å². The van der Waals surface area contributed by atoms with Crippen LogP contribution >= 0.6 is 0 Å². The van der Waals surface area contributed by atoms with Crippen LogP contribution in [0.25, 0.3) is 0 Å². The number of carbonyl (C=O) groups excluding carboxylic acids is 1. The summed E-state index contributed by atoms with van der Waals surface area (Å²) in [5.41, 5.74) is 6.45. The quantitative estimate of drug-likeness (QED) is 0.875. The predicted octanol–water partition coefficient (Wildman–Crippen LogP) is 1.15. The minimum absolute atomic E-state index is 0.0403. The molecule has 18 heavy (non-hydrogen) atoms. The van der Waals surface area contributed by atoms with Crippen LogP contribution in [0.2, 0.25) is 0 Å². The van der Waals surface area contributed by atoms with Gasteiger partial charge in [0.1, 0.15) is 5.69 Å². The minimum atomic E-state index is 0.0403. The second-order valence-electron chi connectivity index (χ2n) is 5.08. The molecule has 0 atom stereocenters. The van der Waals surface area contributed by atoms with E-state index in [9.17, 15) is 4.79 Å². The topological polar surface area (TPSA) is 64.2 Å². The lowest BCUT2D eigenvalue weighted by atomic mass is 9.90. The first-order valence-corrected chi connectivity index (χ1v) is 6.66. The third-order valence-corrected chi connectivity index (χ3v) is 3.71. The van der Waals surface area contributed by atoms with Gasteiger partial charge in [0.25, 0.3) is 5.91 Å². The zero-order valence-corrected chi connectivity index (χ0v) is 11.2. The molecule has 0 radical (unpaired) electrons. The summed E-state index contributed by atoms with van der Waals surface area (Å²) in [6.07, 6.45) is 7.48. The Kier molecular flexibility index (Phi) is 4.01. The molecule has 1 aliphatic rings. The molecule has 0 unspecified atom stereocenters. The van der Waals surface area contributed by atoms with Gasteiger partial charge in [-0.15, -0.1) is 0 Å². The molecule has 0 bridgehead atoms. The van der Waals surface area contributed by atoms with Crippen LogP contribution in [0.15, 0.2) is 12.5 Å². The second kappa shape index (κ2) is 5.52. The number of nitrogens with two attached hydrogens (primary N) is 1. The Morgan fingerprint density at radius 3 is 2.67 bits per heavy atom. The molecular weight excluding hydrogens is 228 g/mol. The molecule has 0 saturated heterocycles. The summed E-state index contributed by atoms with van der Waals surface area (Å²) < 4.78 is 1.80. The smallest absolute Gasteiger partial charge is 0.274 e. The number of imidazole rings is 1. The third-order valence-electron chi connectivity index (χ3n) is 3.71. The molecule has 0 spiro atoms. The molecule has 1 heterocycles. The number of hydrogen-bond donors (Lipinski definition) is 1. The highest BCUT2D eigenvalue weighted by molar-refractivity contribution is 5.92. The van der Waals surface area contributed by atoms with Crippen molar-refractivity contribution in [2.45, 2.75) is 44.7 Å². The van der Waals surface area contributed by atoms with Crippen LogP contribution in [0.3, 0.4) is 0 Å². The van der Waals surface area contributed by atoms with E-state index in [1.807, 2.05) is 18.9 Å². The largest absolute Gasteiger partial charge is 0.340 e. The molecule has 2 N–H and O–H groups in total. The van der Waals surface area contributed by atoms with E-state index in [2.05, 4.69) is 4.98 Å². The van der Waals surface area contributed by atoms with E-state index in [0.717, 1.165) is 32.2 Å². The molecule has 0 aliphatic heterocycles. The van der Waals surface area contributed by atoms with Gasteiger partial charge in [0.2, 0.25) is 0 Å². The third kappa shape index (κ3) is 2.72. The molecule has 0 aromatic carbocycles. The van der Waals surface area contributed by atoms with E-state index >= 15 is 0 Å². The summed E-state index contributed by atoms with van der Waals surface area (Å²) in [4.78, 5) is 18.5. The number of carbonyl (C=O) groups is 1. The molecule has 1 saturated carbocycles. The number of hydrogen-bond acceptors (Lipinski definition) is 3. The number of aryl methyl sites for hydroxylation is 1. The van der Waals surface area contributed by atoms with Gasteiger partial charge in [-0.1, -0.05) is 0 Å². The second-order valence-corrected chi connectivity index (χ2v) is 5.08. The van der Waals surface area contributed by atoms with Crippen molar-refractivity contribution in [3.8, 4) is 0 Å². The Hall–Kier alpha value is -1.36. The lowest BCUT2D eigenvalue weighted by molar-refractivity contribution is 0.0635. The first kappa shape index (κ1) is 13.1. The van der Waals surface area contributed by atoms with Crippen LogP contribution in [0, 0.1) is 0 Å². The molecule has 1 fully saturated rings. The van der Waals surface area contributed by atoms with E-state index in [0.29, 0.717) is 17.8 Å². The zero-order valence-electron chi connectivity index (χ0n) is 11.2. The Balaban J connectivity index is 2.06. The lowest BCUT2D eigenvalue weighted by Crippen LogP contribution is -2.44. The summed E-state index contributed by atoms with van der Waals surface area (Å²) >= 11 is 0. The minimum Gasteiger partial charge on any atom is -0.340 e. The normalized spacial score (nSPS) is 23.9. The fourth-order valence-electron chi connectivity index (χ4n) is 2.65. The van der Waals surface area contributed by atoms with Crippen molar-refractivity contribution >= 4 is 5.91 Å². The highest BCUT2D eigenvalue weighted by Gasteiger charge is 2.28. The van der Waals surface area contributed by atoms with Gasteiger partial charge in [-0.2, -0.15) is 0 Å². The molecule has 2 rings (SSSR count). The van der Waals surface area contributed by atoms with Gasteiger partial charge < -0.3 is 15.2 Å². The fraction of sp³-hybridized carbons (Fsp3) is 0.692. The van der Waals surface area contributed by atoms with Crippen LogP contribution in [0.4, 0.5) is 0 Å². The maximum Gasteiger partial charge on any atom is 0.274 e. The van der Waals surface area contributed by atoms with E-state index in [4.69, 9.17) is 5.73 Å². The highest BCUT2D eigenvalue weighted by atomic mass is 16.2. The molecule has 1 amide bonds. The van der Waals surface area contributed by atoms with Gasteiger partial charge in [-0.3, -0.25) is 4.79 Å². The Morgan fingerprint density at radius 2 is 2.17 bits per heavy atom. The Bertz CT molecular complexity index is 407. The highest BCUT2D eigenvalue weighted by Crippen LogP contribution is 2.23. The SMILES string of the molecule is CCN(C(=O)c1cn(C)cn1)C1CCC(N)CC1. The van der Waals surface area contributed by atoms with E-state index in [1.54, 1.807) is 17.1 Å². The van der Waals surface area contributed by atoms with Crippen molar-refractivity contribution in [3.05, 3.63) is 18.2 Å². The first-order chi connectivity index (χ1) is 8.61. The molecule has 100 valence electrons. The van der Waals surface area contributed by atoms with Crippen molar-refractivity contribution in [1.82, 2.24) is 14.5 Å². The number of nitrogens with zero attached hydrogens (tertiary/aromatic N) is 3. The standard InChI is InChI=1S/C13H22N4O/c1-3-17(11-6-4-10(14)5-7-11)13(18)12-8-16(2)9-15-12/h8-11H,3-7,14H2,1-2H3. The monoisotopic (exact) mass is 250 g/mol. The number of amides is 1. The summed E-state index contributed by atoms with van der Waals surface area (Å²) in [6, 6.07) is 0.634. The van der Waals surface area contributed by atoms with E-state index in [1.165, 1.54) is 0 Å². The lowest BCUT2D eigenvalue weighted by Gasteiger charge is -2.35. The molecule has 1 aromatic heterocycles. The van der Waals surface area contributed by atoms with Crippen LogP contribution < -0.4 is 5.73 Å². The van der Waals surface area contributed by atoms with Gasteiger partial charge in [0, 0.05) is 31.9 Å². The van der Waals surface area contributed by atoms with Gasteiger partial charge in [-0.25, -0.2) is 4.98 Å². The van der Waals surface area contributed by atoms with Gasteiger partial charge in [0.05, 0.1) is 6.33 Å². The average Bonchev–Trinajstić information content (AvgIpc) is 2.79. The molecule has 1 aromatic rings. The van der Waals surface area contributed by atoms with Crippen molar-refractivity contribution in [2.24, 2.45) is 12.8 Å². The summed E-state index contributed by atoms with van der Waals surface area (Å²) in [7, 11) is 1.87. The van der Waals surface area contributed by atoms with Crippen molar-refractivity contribution in [2.75, 3.05) is 6.54 Å². The Labute approximate surface area is 108 Å². The van der Waals surface area contributed by atoms with Crippen LogP contribution in [0.1, 0.15) is 43.1 Å². The summed E-state index contributed by atoms with van der Waals surface area (Å²) in [5.74, 6) is 0.0403. The van der Waals surface area contributed by atoms with Gasteiger partial charge in [0.15, 0.2) is 0 Å². The summed E-state index contributed by atoms with van der Waals surface area (Å²) in [6.45, 7) is 2.75. The summed E-state index contributed by atoms with van der Waals surface area (Å²) in [5, 5.41) is 0. The molecule has 5 heteroatoms. The fourth-order valence-corrected chi connectivity index (χ4v) is 2.65.